The molecule has 0 heterocycles. The number of nitrogens with two attached hydrogens (primary N) is 1. The Morgan fingerprint density at radius 3 is 1.54 bits per heavy atom. The number of nitrogens with one attached hydrogen (secondary N) is 1. The third-order valence-electron chi connectivity index (χ3n) is 5.26. The van der Waals surface area contributed by atoms with E-state index in [-0.39, 0.29) is 118 Å². The van der Waals surface area contributed by atoms with E-state index in [1.807, 2.05) is 72.4 Å². The fraction of sp³-hybridized carbons (Fsp3) is 0.265. The minimum absolute atomic E-state index is 0. The van der Waals surface area contributed by atoms with Gasteiger partial charge in [-0.1, -0.05) is 68.1 Å². The van der Waals surface area contributed by atoms with Gasteiger partial charge in [-0.2, -0.15) is 0 Å². The van der Waals surface area contributed by atoms with Gasteiger partial charge in [0.2, 0.25) is 0 Å². The van der Waals surface area contributed by atoms with E-state index in [1.54, 1.807) is 26.0 Å². The summed E-state index contributed by atoms with van der Waals surface area (Å²) >= 11 is 9.26. The van der Waals surface area contributed by atoms with Crippen LogP contribution in [0, 0.1) is 0 Å². The van der Waals surface area contributed by atoms with Crippen molar-refractivity contribution >= 4 is 41.6 Å². The van der Waals surface area contributed by atoms with E-state index in [0.717, 1.165) is 48.2 Å². The largest absolute Gasteiger partial charge is 1.00 e. The van der Waals surface area contributed by atoms with Crippen molar-refractivity contribution in [3.8, 4) is 11.5 Å². The second-order valence-corrected chi connectivity index (χ2v) is 10.9. The van der Waals surface area contributed by atoms with Crippen LogP contribution in [-0.2, 0) is 22.1 Å². The van der Waals surface area contributed by atoms with E-state index in [4.69, 9.17) is 36.9 Å². The summed E-state index contributed by atoms with van der Waals surface area (Å²) in [6.07, 6.45) is 0. The zero-order valence-electron chi connectivity index (χ0n) is 27.5. The van der Waals surface area contributed by atoms with Crippen molar-refractivity contribution in [3.05, 3.63) is 120 Å². The second-order valence-electron chi connectivity index (χ2n) is 8.31. The number of hydrogen-bond acceptors (Lipinski definition) is 9. The van der Waals surface area contributed by atoms with E-state index < -0.39 is 0 Å². The number of thioether (sulfide) groups is 2. The molecule has 4 aromatic rings. The van der Waals surface area contributed by atoms with Crippen LogP contribution in [0.3, 0.4) is 0 Å². The Bertz CT molecular complexity index is 1190. The number of carbonyl (C=O) groups is 1. The average Bonchev–Trinajstić information content (AvgIpc) is 3.09. The fourth-order valence-corrected chi connectivity index (χ4v) is 4.86. The average molecular weight is 740 g/mol. The monoisotopic (exact) mass is 738 g/mol. The number of ether oxygens (including phenoxy) is 2. The third kappa shape index (κ3) is 27.0. The first-order valence-corrected chi connectivity index (χ1v) is 15.9. The maximum absolute atomic E-state index is 8.64. The van der Waals surface area contributed by atoms with Crippen LogP contribution in [-0.4, -0.2) is 45.3 Å². The minimum Gasteiger partial charge on any atom is -1.00 e. The molecule has 242 valence electrons. The SMILES string of the molecule is C.COc1ccc(CCl)cc1.COc1ccc(CNCCSc2ccccc2)cc1.NCCSc1ccccc1.O=CO[O-].[H-].[K+].[K+]. The molecule has 0 aromatic heterocycles. The van der Waals surface area contributed by atoms with Gasteiger partial charge in [0.15, 0.2) is 0 Å². The smallest absolute Gasteiger partial charge is 1.00 e. The summed E-state index contributed by atoms with van der Waals surface area (Å²) in [5.74, 6) is 4.42. The molecule has 12 heteroatoms. The molecule has 0 atom stereocenters. The number of halogens is 1. The first-order valence-electron chi connectivity index (χ1n) is 13.4. The zero-order valence-corrected chi connectivity index (χ0v) is 35.2. The van der Waals surface area contributed by atoms with Crippen LogP contribution < -0.4 is 129 Å². The Morgan fingerprint density at radius 1 is 0.761 bits per heavy atom. The molecule has 0 aliphatic carbocycles. The molecule has 0 aliphatic heterocycles. The Kier molecular flexibility index (Phi) is 39.9. The minimum atomic E-state index is -0.181. The van der Waals surface area contributed by atoms with Gasteiger partial charge in [0.25, 0.3) is 6.47 Å². The van der Waals surface area contributed by atoms with Crippen LogP contribution in [0.25, 0.3) is 0 Å². The number of alkyl halides is 1. The van der Waals surface area contributed by atoms with Gasteiger partial charge >= 0.3 is 103 Å². The summed E-state index contributed by atoms with van der Waals surface area (Å²) < 4.78 is 10.1. The van der Waals surface area contributed by atoms with Crippen LogP contribution >= 0.6 is 35.1 Å². The fourth-order valence-electron chi connectivity index (χ4n) is 3.14. The van der Waals surface area contributed by atoms with Crippen molar-refractivity contribution in [1.82, 2.24) is 5.32 Å². The topological polar surface area (TPSA) is 106 Å². The third-order valence-corrected chi connectivity index (χ3v) is 7.63. The molecule has 0 bridgehead atoms. The molecule has 0 amide bonds. The van der Waals surface area contributed by atoms with Crippen LogP contribution in [0.2, 0.25) is 0 Å². The normalized spacial score (nSPS) is 8.89. The van der Waals surface area contributed by atoms with Crippen molar-refractivity contribution in [2.45, 2.75) is 29.6 Å². The molecule has 7 nitrogen and oxygen atoms in total. The summed E-state index contributed by atoms with van der Waals surface area (Å²) in [4.78, 5) is 13.9. The van der Waals surface area contributed by atoms with Crippen LogP contribution in [0.1, 0.15) is 20.0 Å². The van der Waals surface area contributed by atoms with Crippen LogP contribution in [0.15, 0.2) is 119 Å². The van der Waals surface area contributed by atoms with Gasteiger partial charge in [-0.3, -0.25) is 4.79 Å². The molecule has 0 saturated heterocycles. The molecule has 46 heavy (non-hydrogen) atoms. The standard InChI is InChI=1S/C16H19NOS.C8H9ClO.C8H11NS.CH2O3.CH4.2K.H/c1-18-15-9-7-14(8-10-15)13-17-11-12-19-16-5-3-2-4-6-16;1-10-8-4-2-7(6-9)3-5-8;9-6-7-10-8-4-2-1-3-5-8;2-1-4-3;;;;/h2-10,17H,11-13H2,1H3;2-5H,6H2,1H3;1-5H,6-7,9H2;1,3H;1H4;;;/q;;;;;2*+1;-1/p-1. The molecule has 0 spiro atoms. The van der Waals surface area contributed by atoms with Gasteiger partial charge in [-0.25, -0.2) is 0 Å². The summed E-state index contributed by atoms with van der Waals surface area (Å²) in [5, 5.41) is 11.9. The molecule has 0 radical (unpaired) electrons. The maximum atomic E-state index is 8.64. The summed E-state index contributed by atoms with van der Waals surface area (Å²) in [7, 11) is 3.34. The second kappa shape index (κ2) is 36.4. The predicted molar refractivity (Wildman–Crippen MR) is 186 cm³/mol. The Morgan fingerprint density at radius 2 is 1.17 bits per heavy atom. The van der Waals surface area contributed by atoms with E-state index in [1.165, 1.54) is 15.4 Å². The van der Waals surface area contributed by atoms with E-state index >= 15 is 0 Å². The molecule has 0 unspecified atom stereocenters. The van der Waals surface area contributed by atoms with Crippen LogP contribution in [0.4, 0.5) is 0 Å². The van der Waals surface area contributed by atoms with E-state index in [2.05, 4.69) is 58.7 Å². The zero-order chi connectivity index (χ0) is 31.4. The molecule has 3 N–H and O–H groups in total. The van der Waals surface area contributed by atoms with Crippen LogP contribution in [0.5, 0.6) is 11.5 Å². The predicted octanol–water partition coefficient (Wildman–Crippen LogP) is 0.940. The quantitative estimate of drug-likeness (QED) is 0.0395. The maximum Gasteiger partial charge on any atom is 1.00 e. The molecule has 0 saturated carbocycles. The van der Waals surface area contributed by atoms with Crippen molar-refractivity contribution in [1.29, 1.82) is 0 Å². The summed E-state index contributed by atoms with van der Waals surface area (Å²) in [6.45, 7) is 2.48. The first-order chi connectivity index (χ1) is 21.1. The molecule has 0 aliphatic rings. The van der Waals surface area contributed by atoms with Crippen molar-refractivity contribution in [2.75, 3.05) is 38.8 Å². The molecule has 4 aromatic carbocycles. The Balaban J connectivity index is -0.000000285. The first kappa shape index (κ1) is 50.5. The number of methoxy groups -OCH3 is 2. The molecular weight excluding hydrogens is 694 g/mol. The van der Waals surface area contributed by atoms with E-state index in [0.29, 0.717) is 5.88 Å². The molecular formula is C34H45ClK2N2O5S2. The number of hydrogen-bond donors (Lipinski definition) is 2. The van der Waals surface area contributed by atoms with Gasteiger partial charge in [0.05, 0.1) is 14.2 Å². The van der Waals surface area contributed by atoms with Gasteiger partial charge in [-0.05, 0) is 59.7 Å². The number of benzene rings is 4. The van der Waals surface area contributed by atoms with Crippen molar-refractivity contribution < 1.29 is 129 Å². The molecule has 4 rings (SSSR count). The van der Waals surface area contributed by atoms with Gasteiger partial charge in [0.1, 0.15) is 11.5 Å². The summed E-state index contributed by atoms with van der Waals surface area (Å²) in [5.41, 5.74) is 7.75. The van der Waals surface area contributed by atoms with Gasteiger partial charge < -0.3 is 32.1 Å². The number of rotatable bonds is 13. The van der Waals surface area contributed by atoms with Gasteiger partial charge in [-0.15, -0.1) is 35.1 Å². The van der Waals surface area contributed by atoms with Crippen molar-refractivity contribution in [3.63, 3.8) is 0 Å². The van der Waals surface area contributed by atoms with Crippen molar-refractivity contribution in [2.24, 2.45) is 5.73 Å². The Labute approximate surface area is 375 Å². The number of carbonyl (C=O) groups excluding carboxylic acids is 1. The molecule has 0 fully saturated rings. The summed E-state index contributed by atoms with van der Waals surface area (Å²) in [6, 6.07) is 36.7. The Hall–Kier alpha value is 0.0927. The van der Waals surface area contributed by atoms with E-state index in [9.17, 15) is 0 Å². The van der Waals surface area contributed by atoms with Gasteiger partial charge in [0, 0.05) is 46.8 Å².